The predicted octanol–water partition coefficient (Wildman–Crippen LogP) is 1.63. The minimum atomic E-state index is -1.07. The number of nitrogens with zero attached hydrogens (tertiary/aromatic N) is 2. The summed E-state index contributed by atoms with van der Waals surface area (Å²) < 4.78 is 15.7. The summed E-state index contributed by atoms with van der Waals surface area (Å²) in [7, 11) is 2.96. The molecule has 1 aromatic carbocycles. The van der Waals surface area contributed by atoms with E-state index in [1.807, 2.05) is 0 Å². The smallest absolute Gasteiger partial charge is 0.310 e. The third-order valence-electron chi connectivity index (χ3n) is 6.26. The number of piperidine rings is 1. The molecule has 0 spiro atoms. The Morgan fingerprint density at radius 3 is 2.75 bits per heavy atom. The van der Waals surface area contributed by atoms with E-state index in [-0.39, 0.29) is 35.6 Å². The van der Waals surface area contributed by atoms with Crippen molar-refractivity contribution >= 4 is 35.2 Å². The van der Waals surface area contributed by atoms with Crippen LogP contribution in [0.3, 0.4) is 0 Å². The van der Waals surface area contributed by atoms with E-state index in [4.69, 9.17) is 14.2 Å². The number of benzene rings is 1. The Balaban J connectivity index is 1.61. The minimum Gasteiger partial charge on any atom is -0.497 e. The van der Waals surface area contributed by atoms with Crippen molar-refractivity contribution in [2.45, 2.75) is 32.1 Å². The van der Waals surface area contributed by atoms with Crippen molar-refractivity contribution in [2.75, 3.05) is 49.4 Å². The van der Waals surface area contributed by atoms with Crippen molar-refractivity contribution in [3.05, 3.63) is 34.1 Å². The predicted molar refractivity (Wildman–Crippen MR) is 131 cm³/mol. The second-order valence-corrected chi connectivity index (χ2v) is 8.55. The van der Waals surface area contributed by atoms with E-state index in [0.717, 1.165) is 0 Å². The maximum Gasteiger partial charge on any atom is 0.310 e. The number of fused-ring (bicyclic) bond motifs is 1. The molecule has 0 bridgehead atoms. The first-order valence-corrected chi connectivity index (χ1v) is 11.7. The zero-order valence-corrected chi connectivity index (χ0v) is 20.4. The molecule has 2 aliphatic heterocycles. The highest BCUT2D eigenvalue weighted by Gasteiger charge is 2.36. The lowest BCUT2D eigenvalue weighted by Gasteiger charge is -2.32. The van der Waals surface area contributed by atoms with Crippen LogP contribution in [0.5, 0.6) is 11.5 Å². The zero-order chi connectivity index (χ0) is 25.8. The van der Waals surface area contributed by atoms with Gasteiger partial charge in [-0.2, -0.15) is 4.98 Å². The Morgan fingerprint density at radius 1 is 1.22 bits per heavy atom. The Morgan fingerprint density at radius 2 is 2.03 bits per heavy atom. The molecule has 0 saturated carbocycles. The summed E-state index contributed by atoms with van der Waals surface area (Å²) in [6.07, 6.45) is 1.17. The van der Waals surface area contributed by atoms with Crippen LogP contribution in [-0.4, -0.2) is 61.7 Å². The third kappa shape index (κ3) is 5.11. The molecule has 2 aliphatic rings. The molecule has 2 aromatic rings. The fraction of sp³-hybridized carbons (Fsp3) is 0.458. The maximum atomic E-state index is 13.2. The Bertz CT molecular complexity index is 1230. The number of ether oxygens (including phenoxy) is 3. The molecule has 1 saturated heterocycles. The van der Waals surface area contributed by atoms with E-state index in [1.165, 1.54) is 14.2 Å². The summed E-state index contributed by atoms with van der Waals surface area (Å²) in [4.78, 5) is 60.0. The number of aromatic amines is 1. The average Bonchev–Trinajstić information content (AvgIpc) is 2.88. The number of rotatable bonds is 7. The lowest BCUT2D eigenvalue weighted by atomic mass is 9.92. The number of carbonyl (C=O) groups is 3. The van der Waals surface area contributed by atoms with Gasteiger partial charge in [0.2, 0.25) is 17.8 Å². The fourth-order valence-electron chi connectivity index (χ4n) is 4.49. The fourth-order valence-corrected chi connectivity index (χ4v) is 4.49. The molecular formula is C24H29N5O7. The molecule has 12 heteroatoms. The van der Waals surface area contributed by atoms with Crippen molar-refractivity contribution in [2.24, 2.45) is 5.92 Å². The van der Waals surface area contributed by atoms with Crippen molar-refractivity contribution in [3.8, 4) is 11.5 Å². The first-order chi connectivity index (χ1) is 17.3. The van der Waals surface area contributed by atoms with Crippen LogP contribution >= 0.6 is 0 Å². The average molecular weight is 500 g/mol. The van der Waals surface area contributed by atoms with Crippen molar-refractivity contribution in [1.82, 2.24) is 9.97 Å². The van der Waals surface area contributed by atoms with Gasteiger partial charge in [-0.15, -0.1) is 0 Å². The molecular weight excluding hydrogens is 470 g/mol. The summed E-state index contributed by atoms with van der Waals surface area (Å²) in [5, 5.41) is 5.35. The number of carbonyl (C=O) groups excluding carboxylic acids is 3. The van der Waals surface area contributed by atoms with Crippen LogP contribution in [0.15, 0.2) is 23.0 Å². The molecule has 12 nitrogen and oxygen atoms in total. The molecule has 3 heterocycles. The lowest BCUT2D eigenvalue weighted by Crippen LogP contribution is -2.42. The summed E-state index contributed by atoms with van der Waals surface area (Å²) >= 11 is 0. The van der Waals surface area contributed by atoms with Gasteiger partial charge in [0.15, 0.2) is 0 Å². The van der Waals surface area contributed by atoms with Gasteiger partial charge >= 0.3 is 5.97 Å². The summed E-state index contributed by atoms with van der Waals surface area (Å²) in [6, 6.07) is 4.91. The zero-order valence-electron chi connectivity index (χ0n) is 20.4. The van der Waals surface area contributed by atoms with Gasteiger partial charge in [0.25, 0.3) is 5.56 Å². The topological polar surface area (TPSA) is 152 Å². The number of aromatic nitrogens is 2. The van der Waals surface area contributed by atoms with Gasteiger partial charge in [0.05, 0.1) is 43.9 Å². The Labute approximate surface area is 207 Å². The van der Waals surface area contributed by atoms with E-state index < -0.39 is 23.3 Å². The first kappa shape index (κ1) is 25.0. The van der Waals surface area contributed by atoms with Crippen LogP contribution in [0.25, 0.3) is 0 Å². The Hall–Kier alpha value is -4.09. The van der Waals surface area contributed by atoms with Crippen LogP contribution in [-0.2, 0) is 19.1 Å². The molecule has 0 radical (unpaired) electrons. The third-order valence-corrected chi connectivity index (χ3v) is 6.26. The molecule has 1 fully saturated rings. The van der Waals surface area contributed by atoms with E-state index in [0.29, 0.717) is 49.7 Å². The molecule has 2 atom stereocenters. The number of hydrogen-bond acceptors (Lipinski definition) is 9. The number of methoxy groups -OCH3 is 2. The number of hydrogen-bond donors (Lipinski definition) is 3. The summed E-state index contributed by atoms with van der Waals surface area (Å²) in [5.74, 6) is -1.54. The van der Waals surface area contributed by atoms with E-state index in [1.54, 1.807) is 30.0 Å². The van der Waals surface area contributed by atoms with Gasteiger partial charge in [0.1, 0.15) is 17.3 Å². The van der Waals surface area contributed by atoms with Gasteiger partial charge in [-0.25, -0.2) is 0 Å². The van der Waals surface area contributed by atoms with Crippen molar-refractivity contribution in [3.63, 3.8) is 0 Å². The highest BCUT2D eigenvalue weighted by Crippen LogP contribution is 2.34. The number of esters is 1. The molecule has 192 valence electrons. The lowest BCUT2D eigenvalue weighted by molar-refractivity contribution is -0.148. The van der Waals surface area contributed by atoms with Gasteiger partial charge in [-0.3, -0.25) is 24.2 Å². The highest BCUT2D eigenvalue weighted by molar-refractivity contribution is 6.05. The SMILES string of the molecule is CCOC(=O)C1CCCN(c2nc3c(c(=O)[nH]2)C(C(=O)Nc2cc(OC)ccc2OC)CC(=O)N3)C1. The van der Waals surface area contributed by atoms with Crippen LogP contribution in [0.4, 0.5) is 17.5 Å². The highest BCUT2D eigenvalue weighted by atomic mass is 16.5. The quantitative estimate of drug-likeness (QED) is 0.483. The molecule has 36 heavy (non-hydrogen) atoms. The molecule has 2 amide bonds. The number of amides is 2. The number of nitrogens with one attached hydrogen (secondary N) is 3. The molecule has 0 aliphatic carbocycles. The second kappa shape index (κ2) is 10.7. The van der Waals surface area contributed by atoms with Crippen molar-refractivity contribution in [1.29, 1.82) is 0 Å². The van der Waals surface area contributed by atoms with Gasteiger partial charge < -0.3 is 29.7 Å². The number of H-pyrrole nitrogens is 1. The summed E-state index contributed by atoms with van der Waals surface area (Å²) in [5.41, 5.74) is -0.128. The van der Waals surface area contributed by atoms with E-state index in [9.17, 15) is 19.2 Å². The molecule has 1 aromatic heterocycles. The monoisotopic (exact) mass is 499 g/mol. The summed E-state index contributed by atoms with van der Waals surface area (Å²) in [6.45, 7) is 2.94. The van der Waals surface area contributed by atoms with Crippen LogP contribution in [0.1, 0.15) is 37.7 Å². The normalized spacial score (nSPS) is 19.1. The van der Waals surface area contributed by atoms with Crippen molar-refractivity contribution < 1.29 is 28.6 Å². The van der Waals surface area contributed by atoms with Crippen LogP contribution in [0, 0.1) is 5.92 Å². The number of anilines is 3. The van der Waals surface area contributed by atoms with Crippen LogP contribution < -0.4 is 30.6 Å². The maximum absolute atomic E-state index is 13.2. The standard InChI is InChI=1S/C24H29N5O7/c1-4-36-23(33)13-6-5-9-29(12-13)24-27-20-19(22(32)28-24)15(11-18(30)26-20)21(31)25-16-10-14(34-2)7-8-17(16)35-3/h7-8,10,13,15H,4-6,9,11-12H2,1-3H3,(H,25,31)(H2,26,27,28,30,32). The minimum absolute atomic E-state index is 0.0287. The van der Waals surface area contributed by atoms with Gasteiger partial charge in [-0.05, 0) is 31.9 Å². The Kier molecular flexibility index (Phi) is 7.41. The van der Waals surface area contributed by atoms with E-state index >= 15 is 0 Å². The molecule has 2 unspecified atom stereocenters. The molecule has 3 N–H and O–H groups in total. The largest absolute Gasteiger partial charge is 0.497 e. The van der Waals surface area contributed by atoms with Gasteiger partial charge in [-0.1, -0.05) is 0 Å². The molecule has 4 rings (SSSR count). The van der Waals surface area contributed by atoms with Crippen LogP contribution in [0.2, 0.25) is 0 Å². The first-order valence-electron chi connectivity index (χ1n) is 11.7. The second-order valence-electron chi connectivity index (χ2n) is 8.55. The van der Waals surface area contributed by atoms with E-state index in [2.05, 4.69) is 20.6 Å². The van der Waals surface area contributed by atoms with Gasteiger partial charge in [0, 0.05) is 25.6 Å².